The van der Waals surface area contributed by atoms with Crippen molar-refractivity contribution in [2.75, 3.05) is 18.6 Å². The zero-order valence-corrected chi connectivity index (χ0v) is 26.1. The molecule has 2 heterocycles. The number of hydrogen-bond acceptors (Lipinski definition) is 10. The summed E-state index contributed by atoms with van der Waals surface area (Å²) >= 11 is 2.66. The van der Waals surface area contributed by atoms with Crippen LogP contribution in [0.3, 0.4) is 0 Å². The number of ketones is 1. The van der Waals surface area contributed by atoms with E-state index in [4.69, 9.17) is 9.47 Å². The van der Waals surface area contributed by atoms with Crippen molar-refractivity contribution in [2.24, 2.45) is 0 Å². The van der Waals surface area contributed by atoms with Crippen LogP contribution in [-0.2, 0) is 20.1 Å². The summed E-state index contributed by atoms with van der Waals surface area (Å²) in [4.78, 5) is 40.4. The fourth-order valence-corrected chi connectivity index (χ4v) is 6.47. The minimum Gasteiger partial charge on any atom is -0.507 e. The Kier molecular flexibility index (Phi) is 9.76. The molecule has 1 N–H and O–H groups in total. The van der Waals surface area contributed by atoms with Crippen LogP contribution in [0.15, 0.2) is 82.7 Å². The van der Waals surface area contributed by atoms with Gasteiger partial charge in [0.25, 0.3) is 5.78 Å². The highest BCUT2D eigenvalue weighted by atomic mass is 32.2. The van der Waals surface area contributed by atoms with E-state index in [0.717, 1.165) is 18.4 Å². The van der Waals surface area contributed by atoms with Crippen LogP contribution in [0.4, 0.5) is 5.13 Å². The Balaban J connectivity index is 1.50. The topological polar surface area (TPSA) is 119 Å². The summed E-state index contributed by atoms with van der Waals surface area (Å²) in [5.74, 6) is -1.24. The molecule has 1 saturated heterocycles. The van der Waals surface area contributed by atoms with Gasteiger partial charge in [-0.05, 0) is 60.9 Å². The fraction of sp³-hybridized carbons (Fsp3) is 0.242. The first-order chi connectivity index (χ1) is 21.3. The normalized spacial score (nSPS) is 15.9. The zero-order chi connectivity index (χ0) is 31.2. The van der Waals surface area contributed by atoms with E-state index in [9.17, 15) is 19.5 Å². The predicted molar refractivity (Wildman–Crippen MR) is 170 cm³/mol. The Morgan fingerprint density at radius 1 is 0.977 bits per heavy atom. The van der Waals surface area contributed by atoms with E-state index >= 15 is 0 Å². The molecule has 4 aromatic rings. The molecule has 226 valence electrons. The van der Waals surface area contributed by atoms with E-state index in [1.54, 1.807) is 48.5 Å². The van der Waals surface area contributed by atoms with Crippen molar-refractivity contribution in [3.63, 3.8) is 0 Å². The van der Waals surface area contributed by atoms with E-state index in [-0.39, 0.29) is 16.5 Å². The summed E-state index contributed by atoms with van der Waals surface area (Å²) in [6.45, 7) is 4.67. The lowest BCUT2D eigenvalue weighted by molar-refractivity contribution is -0.132. The van der Waals surface area contributed by atoms with Gasteiger partial charge in [0.2, 0.25) is 5.13 Å². The van der Waals surface area contributed by atoms with Crippen molar-refractivity contribution >= 4 is 51.6 Å². The first-order valence-corrected chi connectivity index (χ1v) is 15.8. The van der Waals surface area contributed by atoms with Crippen molar-refractivity contribution in [3.05, 3.63) is 106 Å². The number of carbonyl (C=O) groups excluding carboxylic acids is 3. The van der Waals surface area contributed by atoms with Crippen LogP contribution in [0.5, 0.6) is 5.75 Å². The number of amides is 1. The van der Waals surface area contributed by atoms with Crippen molar-refractivity contribution < 1.29 is 29.0 Å². The van der Waals surface area contributed by atoms with Gasteiger partial charge < -0.3 is 14.6 Å². The minimum absolute atomic E-state index is 0.0930. The molecule has 1 atom stereocenters. The number of unbranched alkanes of at least 4 members (excludes halogenated alkanes) is 1. The second kappa shape index (κ2) is 13.9. The van der Waals surface area contributed by atoms with Gasteiger partial charge in [-0.25, -0.2) is 4.79 Å². The maximum Gasteiger partial charge on any atom is 0.337 e. The lowest BCUT2D eigenvalue weighted by Gasteiger charge is -2.22. The molecule has 0 radical (unpaired) electrons. The maximum atomic E-state index is 13.5. The zero-order valence-electron chi connectivity index (χ0n) is 24.5. The molecule has 5 rings (SSSR count). The molecule has 0 spiro atoms. The third-order valence-electron chi connectivity index (χ3n) is 7.07. The molecule has 9 nitrogen and oxygen atoms in total. The van der Waals surface area contributed by atoms with Crippen molar-refractivity contribution in [3.8, 4) is 5.75 Å². The second-order valence-electron chi connectivity index (χ2n) is 10.1. The number of ether oxygens (including phenoxy) is 2. The number of carbonyl (C=O) groups is 3. The van der Waals surface area contributed by atoms with Crippen LogP contribution in [-0.4, -0.2) is 46.7 Å². The standard InChI is InChI=1S/C33H31N3O6S2/c1-4-5-18-42-25-16-14-23(15-17-25)28(37)26-27(22-10-12-24(13-11-22)31(40)41-3)36(30(39)29(26)38)32-34-35-33(44-32)43-19-21-8-6-20(2)7-9-21/h6-17,27,37H,4-5,18-19H2,1-3H3/t27-/m0/s1. The highest BCUT2D eigenvalue weighted by molar-refractivity contribution is 8.00. The lowest BCUT2D eigenvalue weighted by Crippen LogP contribution is -2.29. The number of benzene rings is 3. The average Bonchev–Trinajstić information content (AvgIpc) is 3.62. The Hall–Kier alpha value is -4.48. The maximum absolute atomic E-state index is 13.5. The van der Waals surface area contributed by atoms with E-state index in [1.807, 2.05) is 31.2 Å². The molecular formula is C33H31N3O6S2. The quantitative estimate of drug-likeness (QED) is 0.0366. The van der Waals surface area contributed by atoms with Crippen molar-refractivity contribution in [1.29, 1.82) is 0 Å². The van der Waals surface area contributed by atoms with E-state index < -0.39 is 23.7 Å². The smallest absolute Gasteiger partial charge is 0.337 e. The number of Topliss-reactive ketones (excluding diaryl/α,β-unsaturated/α-hetero) is 1. The fourth-order valence-electron chi connectivity index (χ4n) is 4.65. The van der Waals surface area contributed by atoms with Gasteiger partial charge in [-0.15, -0.1) is 10.2 Å². The number of aliphatic hydroxyl groups excluding tert-OH is 1. The Morgan fingerprint density at radius 2 is 1.66 bits per heavy atom. The first kappa shape index (κ1) is 31.0. The van der Waals surface area contributed by atoms with Crippen molar-refractivity contribution in [2.45, 2.75) is 42.8 Å². The summed E-state index contributed by atoms with van der Waals surface area (Å²) in [7, 11) is 1.29. The molecule has 1 amide bonds. The molecule has 11 heteroatoms. The number of esters is 1. The Bertz CT molecular complexity index is 1680. The molecule has 1 aliphatic rings. The van der Waals surface area contributed by atoms with E-state index in [0.29, 0.717) is 39.1 Å². The van der Waals surface area contributed by atoms with Crippen molar-refractivity contribution in [1.82, 2.24) is 10.2 Å². The number of aryl methyl sites for hydroxylation is 1. The number of aliphatic hydroxyl groups is 1. The largest absolute Gasteiger partial charge is 0.507 e. The molecule has 44 heavy (non-hydrogen) atoms. The van der Waals surface area contributed by atoms with E-state index in [1.165, 1.54) is 40.7 Å². The SMILES string of the molecule is CCCCOc1ccc(C(O)=C2C(=O)C(=O)N(c3nnc(SCc4ccc(C)cc4)s3)[C@H]2c2ccc(C(=O)OC)cc2)cc1. The number of methoxy groups -OCH3 is 1. The van der Waals surface area contributed by atoms with Gasteiger partial charge in [0.15, 0.2) is 4.34 Å². The van der Waals surface area contributed by atoms with Gasteiger partial charge >= 0.3 is 11.9 Å². The summed E-state index contributed by atoms with van der Waals surface area (Å²) in [6.07, 6.45) is 1.92. The number of anilines is 1. The van der Waals surface area contributed by atoms with Crippen LogP contribution >= 0.6 is 23.1 Å². The Morgan fingerprint density at radius 3 is 2.32 bits per heavy atom. The van der Waals surface area contributed by atoms with Crippen LogP contribution in [0.2, 0.25) is 0 Å². The van der Waals surface area contributed by atoms with Gasteiger partial charge in [0.1, 0.15) is 11.5 Å². The third-order valence-corrected chi connectivity index (χ3v) is 9.20. The highest BCUT2D eigenvalue weighted by Gasteiger charge is 2.48. The monoisotopic (exact) mass is 629 g/mol. The van der Waals surface area contributed by atoms with Crippen LogP contribution in [0.25, 0.3) is 5.76 Å². The van der Waals surface area contributed by atoms with Gasteiger partial charge in [-0.1, -0.05) is 78.4 Å². The lowest BCUT2D eigenvalue weighted by atomic mass is 9.94. The molecule has 0 unspecified atom stereocenters. The van der Waals surface area contributed by atoms with Gasteiger partial charge in [0.05, 0.1) is 30.9 Å². The average molecular weight is 630 g/mol. The summed E-state index contributed by atoms with van der Waals surface area (Å²) < 4.78 is 11.2. The molecular weight excluding hydrogens is 599 g/mol. The van der Waals surface area contributed by atoms with Crippen LogP contribution in [0.1, 0.15) is 58.4 Å². The second-order valence-corrected chi connectivity index (χ2v) is 12.3. The van der Waals surface area contributed by atoms with Crippen LogP contribution < -0.4 is 9.64 Å². The Labute approximate surface area is 263 Å². The highest BCUT2D eigenvalue weighted by Crippen LogP contribution is 2.44. The summed E-state index contributed by atoms with van der Waals surface area (Å²) in [5, 5.41) is 20.2. The molecule has 0 saturated carbocycles. The molecule has 0 aliphatic carbocycles. The minimum atomic E-state index is -1.01. The summed E-state index contributed by atoms with van der Waals surface area (Å²) in [5.41, 5.74) is 3.35. The number of rotatable bonds is 11. The molecule has 1 fully saturated rings. The first-order valence-electron chi connectivity index (χ1n) is 14.0. The van der Waals surface area contributed by atoms with Gasteiger partial charge in [0, 0.05) is 11.3 Å². The molecule has 0 bridgehead atoms. The number of hydrogen-bond donors (Lipinski definition) is 1. The molecule has 1 aliphatic heterocycles. The van der Waals surface area contributed by atoms with Gasteiger partial charge in [-0.2, -0.15) is 0 Å². The molecule has 1 aromatic heterocycles. The van der Waals surface area contributed by atoms with E-state index in [2.05, 4.69) is 17.1 Å². The number of nitrogens with zero attached hydrogens (tertiary/aromatic N) is 3. The summed E-state index contributed by atoms with van der Waals surface area (Å²) in [6, 6.07) is 20.2. The number of thioether (sulfide) groups is 1. The molecule has 3 aromatic carbocycles. The van der Waals surface area contributed by atoms with Gasteiger partial charge in [-0.3, -0.25) is 14.5 Å². The number of aromatic nitrogens is 2. The third kappa shape index (κ3) is 6.68. The predicted octanol–water partition coefficient (Wildman–Crippen LogP) is 6.73. The van der Waals surface area contributed by atoms with Crippen LogP contribution in [0, 0.1) is 6.92 Å².